The van der Waals surface area contributed by atoms with Crippen LogP contribution in [0, 0.1) is 0 Å². The van der Waals surface area contributed by atoms with E-state index in [-0.39, 0.29) is 0 Å². The first kappa shape index (κ1) is 12.5. The second-order valence-corrected chi connectivity index (χ2v) is 6.08. The predicted molar refractivity (Wildman–Crippen MR) is 86.3 cm³/mol. The monoisotopic (exact) mass is 315 g/mol. The van der Waals surface area contributed by atoms with E-state index >= 15 is 0 Å². The smallest absolute Gasteiger partial charge is 0.240 e. The van der Waals surface area contributed by atoms with E-state index in [1.807, 2.05) is 24.3 Å². The van der Waals surface area contributed by atoms with Crippen molar-refractivity contribution in [1.29, 1.82) is 0 Å². The molecule has 0 radical (unpaired) electrons. The number of piperazine rings is 1. The molecule has 6 nitrogen and oxygen atoms in total. The molecule has 0 spiro atoms. The van der Waals surface area contributed by atoms with Crippen LogP contribution >= 0.6 is 11.8 Å². The lowest BCUT2D eigenvalue weighted by Gasteiger charge is -2.28. The van der Waals surface area contributed by atoms with Gasteiger partial charge in [-0.15, -0.1) is 0 Å². The standard InChI is InChI=1S/C15H14ClN5O/c16-20-15-18-12-10-3-1-2-4-11(10)22-13(12)14(19-15)21-7-8-5-9(21)6-17-8/h1-4,8-9,17H,5-7H2,(H,18,19,20). The van der Waals surface area contributed by atoms with Crippen molar-refractivity contribution < 1.29 is 4.42 Å². The van der Waals surface area contributed by atoms with Crippen LogP contribution in [-0.4, -0.2) is 35.1 Å². The molecule has 2 aliphatic heterocycles. The molecule has 0 amide bonds. The predicted octanol–water partition coefficient (Wildman–Crippen LogP) is 2.49. The number of fused-ring (bicyclic) bond motifs is 5. The number of anilines is 2. The maximum Gasteiger partial charge on any atom is 0.240 e. The fourth-order valence-corrected chi connectivity index (χ4v) is 3.72. The highest BCUT2D eigenvalue weighted by atomic mass is 35.5. The highest BCUT2D eigenvalue weighted by Gasteiger charge is 2.39. The van der Waals surface area contributed by atoms with E-state index < -0.39 is 0 Å². The largest absolute Gasteiger partial charge is 0.450 e. The fourth-order valence-electron chi connectivity index (χ4n) is 3.63. The van der Waals surface area contributed by atoms with E-state index in [1.165, 1.54) is 0 Å². The van der Waals surface area contributed by atoms with Gasteiger partial charge in [-0.2, -0.15) is 4.98 Å². The molecule has 112 valence electrons. The Balaban J connectivity index is 1.78. The number of furan rings is 1. The lowest BCUT2D eigenvalue weighted by Crippen LogP contribution is -2.44. The van der Waals surface area contributed by atoms with Crippen molar-refractivity contribution in [3.63, 3.8) is 0 Å². The Hall–Kier alpha value is -2.05. The van der Waals surface area contributed by atoms with Gasteiger partial charge in [0.25, 0.3) is 0 Å². The quantitative estimate of drug-likeness (QED) is 0.708. The van der Waals surface area contributed by atoms with Crippen LogP contribution in [0.1, 0.15) is 6.42 Å². The van der Waals surface area contributed by atoms with Crippen LogP contribution < -0.4 is 15.1 Å². The number of rotatable bonds is 2. The summed E-state index contributed by atoms with van der Waals surface area (Å²) in [6, 6.07) is 8.89. The molecule has 2 atom stereocenters. The Labute approximate surface area is 131 Å². The molecule has 0 saturated carbocycles. The topological polar surface area (TPSA) is 66.2 Å². The van der Waals surface area contributed by atoms with E-state index in [2.05, 4.69) is 25.0 Å². The third-order valence-electron chi connectivity index (χ3n) is 4.62. The molecule has 2 bridgehead atoms. The van der Waals surface area contributed by atoms with Crippen molar-refractivity contribution in [2.75, 3.05) is 22.8 Å². The number of aromatic nitrogens is 2. The second-order valence-electron chi connectivity index (χ2n) is 5.89. The summed E-state index contributed by atoms with van der Waals surface area (Å²) in [6.45, 7) is 1.93. The summed E-state index contributed by atoms with van der Waals surface area (Å²) in [4.78, 5) is 13.9. The number of hydrogen-bond acceptors (Lipinski definition) is 6. The molecule has 7 heteroatoms. The molecule has 3 aromatic rings. The third kappa shape index (κ3) is 1.65. The Morgan fingerprint density at radius 3 is 3.00 bits per heavy atom. The van der Waals surface area contributed by atoms with Crippen LogP contribution in [0.15, 0.2) is 28.7 Å². The van der Waals surface area contributed by atoms with E-state index in [1.54, 1.807) is 0 Å². The third-order valence-corrected chi connectivity index (χ3v) is 4.78. The lowest BCUT2D eigenvalue weighted by molar-refractivity contribution is 0.572. The maximum absolute atomic E-state index is 6.05. The van der Waals surface area contributed by atoms with Crippen LogP contribution in [0.3, 0.4) is 0 Å². The summed E-state index contributed by atoms with van der Waals surface area (Å²) in [5.74, 6) is 1.24. The number of para-hydroxylation sites is 1. The van der Waals surface area contributed by atoms with Crippen LogP contribution in [-0.2, 0) is 0 Å². The summed E-state index contributed by atoms with van der Waals surface area (Å²) in [6.07, 6.45) is 1.15. The summed E-state index contributed by atoms with van der Waals surface area (Å²) < 4.78 is 6.05. The molecular weight excluding hydrogens is 302 g/mol. The van der Waals surface area contributed by atoms with Gasteiger partial charge in [0.2, 0.25) is 5.95 Å². The number of benzene rings is 1. The van der Waals surface area contributed by atoms with Crippen LogP contribution in [0.2, 0.25) is 0 Å². The molecule has 5 rings (SSSR count). The summed E-state index contributed by atoms with van der Waals surface area (Å²) in [5, 5.41) is 4.48. The highest BCUT2D eigenvalue weighted by Crippen LogP contribution is 2.37. The maximum atomic E-state index is 6.05. The summed E-state index contributed by atoms with van der Waals surface area (Å²) in [7, 11) is 0. The minimum absolute atomic E-state index is 0.409. The number of halogens is 1. The summed E-state index contributed by atoms with van der Waals surface area (Å²) >= 11 is 5.77. The molecule has 2 aromatic heterocycles. The van der Waals surface area contributed by atoms with Gasteiger partial charge in [-0.1, -0.05) is 12.1 Å². The van der Waals surface area contributed by atoms with Crippen molar-refractivity contribution in [3.05, 3.63) is 24.3 Å². The van der Waals surface area contributed by atoms with Gasteiger partial charge in [0.05, 0.1) is 0 Å². The van der Waals surface area contributed by atoms with Crippen molar-refractivity contribution >= 4 is 45.6 Å². The average molecular weight is 316 g/mol. The highest BCUT2D eigenvalue weighted by molar-refractivity contribution is 6.23. The van der Waals surface area contributed by atoms with Gasteiger partial charge in [0, 0.05) is 42.3 Å². The number of nitrogens with one attached hydrogen (secondary N) is 2. The molecule has 2 N–H and O–H groups in total. The minimum atomic E-state index is 0.409. The first-order valence-electron chi connectivity index (χ1n) is 7.39. The fraction of sp³-hybridized carbons (Fsp3) is 0.333. The minimum Gasteiger partial charge on any atom is -0.450 e. The zero-order chi connectivity index (χ0) is 14.7. The number of nitrogens with zero attached hydrogens (tertiary/aromatic N) is 3. The lowest BCUT2D eigenvalue weighted by atomic mass is 10.2. The van der Waals surface area contributed by atoms with Gasteiger partial charge in [0.15, 0.2) is 11.4 Å². The number of hydrogen-bond donors (Lipinski definition) is 2. The Morgan fingerprint density at radius 1 is 1.32 bits per heavy atom. The molecule has 2 unspecified atom stereocenters. The van der Waals surface area contributed by atoms with Crippen LogP contribution in [0.4, 0.5) is 11.8 Å². The van der Waals surface area contributed by atoms with Gasteiger partial charge in [-0.25, -0.2) is 4.98 Å². The van der Waals surface area contributed by atoms with Crippen LogP contribution in [0.25, 0.3) is 22.1 Å². The Bertz CT molecular complexity index is 879. The van der Waals surface area contributed by atoms with Crippen molar-refractivity contribution in [2.24, 2.45) is 0 Å². The molecule has 1 aromatic carbocycles. The normalized spacial score (nSPS) is 23.8. The average Bonchev–Trinajstić information content (AvgIpc) is 3.27. The van der Waals surface area contributed by atoms with Crippen molar-refractivity contribution in [2.45, 2.75) is 18.5 Å². The van der Waals surface area contributed by atoms with Gasteiger partial charge in [-0.05, 0) is 18.6 Å². The van der Waals surface area contributed by atoms with Gasteiger partial charge in [-0.3, -0.25) is 4.84 Å². The second kappa shape index (κ2) is 4.47. The molecule has 2 fully saturated rings. The first-order valence-corrected chi connectivity index (χ1v) is 7.77. The first-order chi connectivity index (χ1) is 10.8. The van der Waals surface area contributed by atoms with E-state index in [0.717, 1.165) is 47.4 Å². The zero-order valence-corrected chi connectivity index (χ0v) is 12.5. The van der Waals surface area contributed by atoms with Crippen LogP contribution in [0.5, 0.6) is 0 Å². The van der Waals surface area contributed by atoms with Crippen molar-refractivity contribution in [3.8, 4) is 0 Å². The van der Waals surface area contributed by atoms with Gasteiger partial charge in [0.1, 0.15) is 11.1 Å². The van der Waals surface area contributed by atoms with Gasteiger partial charge >= 0.3 is 0 Å². The molecule has 0 aliphatic carbocycles. The summed E-state index contributed by atoms with van der Waals surface area (Å²) in [5.41, 5.74) is 2.37. The molecule has 2 saturated heterocycles. The van der Waals surface area contributed by atoms with E-state index in [4.69, 9.17) is 16.2 Å². The molecule has 2 aliphatic rings. The molecule has 4 heterocycles. The van der Waals surface area contributed by atoms with Crippen molar-refractivity contribution in [1.82, 2.24) is 15.3 Å². The molecular formula is C15H14ClN5O. The molecule has 22 heavy (non-hydrogen) atoms. The Kier molecular flexibility index (Phi) is 2.54. The van der Waals surface area contributed by atoms with E-state index in [9.17, 15) is 0 Å². The van der Waals surface area contributed by atoms with E-state index in [0.29, 0.717) is 18.0 Å². The SMILES string of the molecule is ClNc1nc(N2CC3CC2CN3)c2oc3ccccc3c2n1. The zero-order valence-electron chi connectivity index (χ0n) is 11.7. The Morgan fingerprint density at radius 2 is 2.23 bits per heavy atom. The van der Waals surface area contributed by atoms with Gasteiger partial charge < -0.3 is 14.6 Å².